The fraction of sp³-hybridized carbons (Fsp3) is 0.417. The Balaban J connectivity index is 1.87. The zero-order chi connectivity index (χ0) is 21.3. The van der Waals surface area contributed by atoms with Crippen molar-refractivity contribution >= 4 is 23.4 Å². The van der Waals surface area contributed by atoms with Crippen LogP contribution in [-0.4, -0.2) is 36.0 Å². The molecule has 30 heavy (non-hydrogen) atoms. The third-order valence-corrected chi connectivity index (χ3v) is 5.51. The van der Waals surface area contributed by atoms with Gasteiger partial charge in [0, 0.05) is 31.1 Å². The molecule has 0 bridgehead atoms. The number of nitrogens with one attached hydrogen (secondary N) is 1. The molecule has 3 rings (SSSR count). The van der Waals surface area contributed by atoms with E-state index in [0.29, 0.717) is 24.5 Å². The SMILES string of the molecule is CCCC(=O)N(Cc1ccc(Cl)cc1)[C@@H](C(=O)NC[C@@H]1CCCO1)c1ccccc1. The quantitative estimate of drug-likeness (QED) is 0.639. The fourth-order valence-electron chi connectivity index (χ4n) is 3.69. The second kappa shape index (κ2) is 11.1. The minimum Gasteiger partial charge on any atom is -0.376 e. The summed E-state index contributed by atoms with van der Waals surface area (Å²) in [7, 11) is 0. The fourth-order valence-corrected chi connectivity index (χ4v) is 3.82. The number of amides is 2. The number of rotatable bonds is 9. The smallest absolute Gasteiger partial charge is 0.247 e. The van der Waals surface area contributed by atoms with Crippen molar-refractivity contribution in [3.05, 3.63) is 70.7 Å². The lowest BCUT2D eigenvalue weighted by Gasteiger charge is -2.32. The van der Waals surface area contributed by atoms with E-state index in [1.807, 2.05) is 49.4 Å². The molecule has 1 aliphatic rings. The van der Waals surface area contributed by atoms with E-state index in [0.717, 1.165) is 37.0 Å². The Morgan fingerprint density at radius 1 is 1.17 bits per heavy atom. The van der Waals surface area contributed by atoms with Crippen molar-refractivity contribution in [2.75, 3.05) is 13.2 Å². The van der Waals surface area contributed by atoms with Gasteiger partial charge in [-0.25, -0.2) is 0 Å². The summed E-state index contributed by atoms with van der Waals surface area (Å²) in [4.78, 5) is 28.1. The highest BCUT2D eigenvalue weighted by atomic mass is 35.5. The summed E-state index contributed by atoms with van der Waals surface area (Å²) in [5, 5.41) is 3.65. The van der Waals surface area contributed by atoms with Gasteiger partial charge in [-0.15, -0.1) is 0 Å². The van der Waals surface area contributed by atoms with Gasteiger partial charge < -0.3 is 15.0 Å². The van der Waals surface area contributed by atoms with E-state index in [1.54, 1.807) is 17.0 Å². The summed E-state index contributed by atoms with van der Waals surface area (Å²) >= 11 is 6.02. The van der Waals surface area contributed by atoms with E-state index >= 15 is 0 Å². The maximum absolute atomic E-state index is 13.3. The number of carbonyl (C=O) groups excluding carboxylic acids is 2. The lowest BCUT2D eigenvalue weighted by atomic mass is 10.0. The first kappa shape index (κ1) is 22.3. The monoisotopic (exact) mass is 428 g/mol. The van der Waals surface area contributed by atoms with Crippen molar-refractivity contribution in [1.29, 1.82) is 0 Å². The minimum absolute atomic E-state index is 0.0430. The summed E-state index contributed by atoms with van der Waals surface area (Å²) in [5.41, 5.74) is 1.72. The molecule has 1 N–H and O–H groups in total. The summed E-state index contributed by atoms with van der Waals surface area (Å²) in [5.74, 6) is -0.233. The van der Waals surface area contributed by atoms with Gasteiger partial charge in [0.25, 0.3) is 0 Å². The lowest BCUT2D eigenvalue weighted by Crippen LogP contribution is -2.45. The van der Waals surface area contributed by atoms with E-state index in [-0.39, 0.29) is 17.9 Å². The number of benzene rings is 2. The molecular formula is C24H29ClN2O3. The molecule has 1 heterocycles. The van der Waals surface area contributed by atoms with Crippen LogP contribution in [0.3, 0.4) is 0 Å². The second-order valence-corrected chi connectivity index (χ2v) is 8.03. The molecule has 1 fully saturated rings. The Hall–Kier alpha value is -2.37. The Morgan fingerprint density at radius 2 is 1.90 bits per heavy atom. The molecule has 6 heteroatoms. The third-order valence-electron chi connectivity index (χ3n) is 5.25. The van der Waals surface area contributed by atoms with Crippen LogP contribution in [0.4, 0.5) is 0 Å². The van der Waals surface area contributed by atoms with Crippen LogP contribution in [0.2, 0.25) is 5.02 Å². The standard InChI is InChI=1S/C24H29ClN2O3/c1-2-7-22(28)27(17-18-11-13-20(25)14-12-18)23(19-8-4-3-5-9-19)24(29)26-16-21-10-6-15-30-21/h3-5,8-9,11-14,21,23H,2,6-7,10,15-17H2,1H3,(H,26,29)/t21-,23+/m0/s1. The molecule has 0 radical (unpaired) electrons. The number of nitrogens with zero attached hydrogens (tertiary/aromatic N) is 1. The average Bonchev–Trinajstić information content (AvgIpc) is 3.28. The van der Waals surface area contributed by atoms with Gasteiger partial charge in [0.1, 0.15) is 6.04 Å². The average molecular weight is 429 g/mol. The van der Waals surface area contributed by atoms with Crippen LogP contribution < -0.4 is 5.32 Å². The molecule has 2 atom stereocenters. The number of carbonyl (C=O) groups is 2. The highest BCUT2D eigenvalue weighted by Crippen LogP contribution is 2.25. The van der Waals surface area contributed by atoms with Crippen molar-refractivity contribution < 1.29 is 14.3 Å². The van der Waals surface area contributed by atoms with Gasteiger partial charge in [-0.1, -0.05) is 61.0 Å². The zero-order valence-corrected chi connectivity index (χ0v) is 18.1. The maximum atomic E-state index is 13.3. The van der Waals surface area contributed by atoms with Crippen molar-refractivity contribution in [3.63, 3.8) is 0 Å². The molecule has 0 unspecified atom stereocenters. The van der Waals surface area contributed by atoms with E-state index in [4.69, 9.17) is 16.3 Å². The van der Waals surface area contributed by atoms with Crippen LogP contribution in [0.25, 0.3) is 0 Å². The topological polar surface area (TPSA) is 58.6 Å². The highest BCUT2D eigenvalue weighted by Gasteiger charge is 2.31. The largest absolute Gasteiger partial charge is 0.376 e. The molecule has 160 valence electrons. The molecule has 2 aromatic carbocycles. The first-order valence-electron chi connectivity index (χ1n) is 10.6. The van der Waals surface area contributed by atoms with Gasteiger partial charge in [0.2, 0.25) is 11.8 Å². The van der Waals surface area contributed by atoms with Crippen molar-refractivity contribution in [2.24, 2.45) is 0 Å². The predicted molar refractivity (Wildman–Crippen MR) is 118 cm³/mol. The molecule has 0 spiro atoms. The lowest BCUT2D eigenvalue weighted by molar-refractivity contribution is -0.141. The Bertz CT molecular complexity index is 820. The number of hydrogen-bond donors (Lipinski definition) is 1. The summed E-state index contributed by atoms with van der Waals surface area (Å²) in [6.07, 6.45) is 3.10. The zero-order valence-electron chi connectivity index (χ0n) is 17.4. The van der Waals surface area contributed by atoms with Gasteiger partial charge >= 0.3 is 0 Å². The Labute approximate surface area is 183 Å². The first-order chi connectivity index (χ1) is 14.6. The summed E-state index contributed by atoms with van der Waals surface area (Å²) in [6.45, 7) is 3.50. The Morgan fingerprint density at radius 3 is 2.53 bits per heavy atom. The van der Waals surface area contributed by atoms with Crippen molar-refractivity contribution in [2.45, 2.75) is 51.3 Å². The maximum Gasteiger partial charge on any atom is 0.247 e. The van der Waals surface area contributed by atoms with Gasteiger partial charge in [0.05, 0.1) is 6.10 Å². The molecule has 0 aliphatic carbocycles. The summed E-state index contributed by atoms with van der Waals surface area (Å²) < 4.78 is 5.63. The normalized spacial score (nSPS) is 16.8. The van der Waals surface area contributed by atoms with E-state index in [1.165, 1.54) is 0 Å². The first-order valence-corrected chi connectivity index (χ1v) is 10.9. The van der Waals surface area contributed by atoms with Gasteiger partial charge in [-0.3, -0.25) is 9.59 Å². The molecular weight excluding hydrogens is 400 g/mol. The highest BCUT2D eigenvalue weighted by molar-refractivity contribution is 6.30. The van der Waals surface area contributed by atoms with E-state index in [9.17, 15) is 9.59 Å². The van der Waals surface area contributed by atoms with Gasteiger partial charge in [-0.05, 0) is 42.5 Å². The number of hydrogen-bond acceptors (Lipinski definition) is 3. The van der Waals surface area contributed by atoms with Crippen LogP contribution in [-0.2, 0) is 20.9 Å². The molecule has 2 aromatic rings. The molecule has 2 amide bonds. The molecule has 1 saturated heterocycles. The van der Waals surface area contributed by atoms with Crippen molar-refractivity contribution in [3.8, 4) is 0 Å². The predicted octanol–water partition coefficient (Wildman–Crippen LogP) is 4.51. The van der Waals surface area contributed by atoms with Crippen LogP contribution in [0.1, 0.15) is 49.8 Å². The Kier molecular flexibility index (Phi) is 8.29. The van der Waals surface area contributed by atoms with Gasteiger partial charge in [0.15, 0.2) is 0 Å². The van der Waals surface area contributed by atoms with E-state index < -0.39 is 6.04 Å². The van der Waals surface area contributed by atoms with Crippen molar-refractivity contribution in [1.82, 2.24) is 10.2 Å². The molecule has 0 aromatic heterocycles. The van der Waals surface area contributed by atoms with Gasteiger partial charge in [-0.2, -0.15) is 0 Å². The summed E-state index contributed by atoms with van der Waals surface area (Å²) in [6, 6.07) is 16.1. The van der Waals surface area contributed by atoms with Crippen LogP contribution in [0, 0.1) is 0 Å². The molecule has 0 saturated carbocycles. The van der Waals surface area contributed by atoms with Crippen LogP contribution in [0.15, 0.2) is 54.6 Å². The third kappa shape index (κ3) is 6.07. The van der Waals surface area contributed by atoms with E-state index in [2.05, 4.69) is 5.32 Å². The number of ether oxygens (including phenoxy) is 1. The minimum atomic E-state index is -0.706. The molecule has 1 aliphatic heterocycles. The number of halogens is 1. The molecule has 5 nitrogen and oxygen atoms in total. The second-order valence-electron chi connectivity index (χ2n) is 7.59. The van der Waals surface area contributed by atoms with Crippen LogP contribution in [0.5, 0.6) is 0 Å². The van der Waals surface area contributed by atoms with Crippen LogP contribution >= 0.6 is 11.6 Å².